The van der Waals surface area contributed by atoms with Gasteiger partial charge in [0.15, 0.2) is 5.65 Å². The number of carbonyl (C=O) groups is 1. The van der Waals surface area contributed by atoms with E-state index in [9.17, 15) is 4.79 Å². The summed E-state index contributed by atoms with van der Waals surface area (Å²) in [6, 6.07) is 9.70. The molecule has 1 aromatic carbocycles. The molecule has 0 radical (unpaired) electrons. The summed E-state index contributed by atoms with van der Waals surface area (Å²) in [7, 11) is 0. The van der Waals surface area contributed by atoms with Crippen LogP contribution < -0.4 is 9.64 Å². The first-order chi connectivity index (χ1) is 12.5. The van der Waals surface area contributed by atoms with Crippen LogP contribution in [0.3, 0.4) is 0 Å². The molecule has 0 unspecified atom stereocenters. The van der Waals surface area contributed by atoms with Gasteiger partial charge < -0.3 is 4.74 Å². The summed E-state index contributed by atoms with van der Waals surface area (Å²) < 4.78 is 7.64. The number of hydrogen-bond acceptors (Lipinski definition) is 4. The van der Waals surface area contributed by atoms with Crippen LogP contribution in [0.25, 0.3) is 11.0 Å². The lowest BCUT2D eigenvalue weighted by atomic mass is 10.1. The van der Waals surface area contributed by atoms with E-state index >= 15 is 0 Å². The largest absolute Gasteiger partial charge is 0.489 e. The molecule has 4 rings (SSSR count). The van der Waals surface area contributed by atoms with Gasteiger partial charge in [0.2, 0.25) is 0 Å². The molecule has 1 aliphatic rings. The Morgan fingerprint density at radius 1 is 1.31 bits per heavy atom. The lowest BCUT2D eigenvalue weighted by Crippen LogP contribution is -2.45. The van der Waals surface area contributed by atoms with Gasteiger partial charge in [-0.2, -0.15) is 5.10 Å². The number of pyridine rings is 1. The Labute approximate surface area is 152 Å². The van der Waals surface area contributed by atoms with Gasteiger partial charge in [0.1, 0.15) is 12.4 Å². The molecule has 134 valence electrons. The van der Waals surface area contributed by atoms with Gasteiger partial charge in [-0.1, -0.05) is 12.1 Å². The van der Waals surface area contributed by atoms with Crippen LogP contribution in [0.2, 0.25) is 0 Å². The predicted molar refractivity (Wildman–Crippen MR) is 101 cm³/mol. The fourth-order valence-corrected chi connectivity index (χ4v) is 3.40. The fourth-order valence-electron chi connectivity index (χ4n) is 3.40. The van der Waals surface area contributed by atoms with Crippen LogP contribution in [0, 0.1) is 6.92 Å². The molecule has 0 saturated heterocycles. The molecule has 2 aromatic heterocycles. The zero-order valence-corrected chi connectivity index (χ0v) is 15.4. The zero-order valence-electron chi connectivity index (χ0n) is 15.4. The number of nitrogens with zero attached hydrogens (tertiary/aromatic N) is 4. The average molecular weight is 350 g/mol. The fraction of sp³-hybridized carbons (Fsp3) is 0.350. The van der Waals surface area contributed by atoms with E-state index in [1.165, 1.54) is 0 Å². The molecule has 26 heavy (non-hydrogen) atoms. The van der Waals surface area contributed by atoms with E-state index in [2.05, 4.69) is 23.9 Å². The third kappa shape index (κ3) is 2.53. The van der Waals surface area contributed by atoms with Crippen molar-refractivity contribution < 1.29 is 9.53 Å². The highest BCUT2D eigenvalue weighted by Crippen LogP contribution is 2.35. The first-order valence-corrected chi connectivity index (χ1v) is 8.87. The first kappa shape index (κ1) is 16.6. The number of aromatic nitrogens is 3. The third-order valence-electron chi connectivity index (χ3n) is 4.74. The van der Waals surface area contributed by atoms with E-state index in [4.69, 9.17) is 4.74 Å². The lowest BCUT2D eigenvalue weighted by Gasteiger charge is -2.35. The number of hydrogen-bond donors (Lipinski definition) is 0. The van der Waals surface area contributed by atoms with Gasteiger partial charge in [0.25, 0.3) is 5.91 Å². The summed E-state index contributed by atoms with van der Waals surface area (Å²) in [6.45, 7) is 8.47. The smallest absolute Gasteiger partial charge is 0.260 e. The molecule has 0 spiro atoms. The minimum Gasteiger partial charge on any atom is -0.489 e. The number of aryl methyl sites for hydroxylation is 1. The van der Waals surface area contributed by atoms with Gasteiger partial charge in [-0.3, -0.25) is 9.69 Å². The monoisotopic (exact) mass is 350 g/mol. The molecule has 0 fully saturated rings. The van der Waals surface area contributed by atoms with Crippen LogP contribution in [-0.2, 0) is 0 Å². The molecule has 1 atom stereocenters. The predicted octanol–water partition coefficient (Wildman–Crippen LogP) is 3.75. The highest BCUT2D eigenvalue weighted by atomic mass is 16.5. The summed E-state index contributed by atoms with van der Waals surface area (Å²) in [5.41, 5.74) is 2.92. The molecule has 6 nitrogen and oxygen atoms in total. The van der Waals surface area contributed by atoms with Gasteiger partial charge in [0, 0.05) is 11.4 Å². The van der Waals surface area contributed by atoms with Gasteiger partial charge in [-0.05, 0) is 45.9 Å². The number of carbonyl (C=O) groups excluding carboxylic acids is 1. The van der Waals surface area contributed by atoms with Crippen LogP contribution in [0.4, 0.5) is 5.69 Å². The number of amides is 1. The first-order valence-electron chi connectivity index (χ1n) is 8.87. The number of para-hydroxylation sites is 2. The van der Waals surface area contributed by atoms with Crippen LogP contribution in [0.5, 0.6) is 5.75 Å². The SMILES string of the molecule is Cc1nc2c(cnn2C(C)C)cc1C(=O)N1c2ccccc2OC[C@@H]1C. The summed E-state index contributed by atoms with van der Waals surface area (Å²) in [6.07, 6.45) is 1.77. The Hall–Kier alpha value is -2.89. The van der Waals surface area contributed by atoms with Crippen LogP contribution in [-0.4, -0.2) is 33.3 Å². The number of benzene rings is 1. The quantitative estimate of drug-likeness (QED) is 0.706. The molecule has 0 saturated carbocycles. The van der Waals surface area contributed by atoms with E-state index in [-0.39, 0.29) is 18.0 Å². The second-order valence-corrected chi connectivity index (χ2v) is 7.02. The van der Waals surface area contributed by atoms with Crippen molar-refractivity contribution in [2.75, 3.05) is 11.5 Å². The second-order valence-electron chi connectivity index (χ2n) is 7.02. The summed E-state index contributed by atoms with van der Waals surface area (Å²) in [4.78, 5) is 19.9. The van der Waals surface area contributed by atoms with E-state index in [0.29, 0.717) is 17.9 Å². The molecular weight excluding hydrogens is 328 g/mol. The number of rotatable bonds is 2. The van der Waals surface area contributed by atoms with Gasteiger partial charge in [0.05, 0.1) is 29.2 Å². The molecule has 0 N–H and O–H groups in total. The number of ether oxygens (including phenoxy) is 1. The molecule has 1 amide bonds. The highest BCUT2D eigenvalue weighted by molar-refractivity contribution is 6.09. The van der Waals surface area contributed by atoms with Gasteiger partial charge in [-0.25, -0.2) is 9.67 Å². The van der Waals surface area contributed by atoms with Crippen molar-refractivity contribution in [3.8, 4) is 5.75 Å². The number of anilines is 1. The third-order valence-corrected chi connectivity index (χ3v) is 4.74. The highest BCUT2D eigenvalue weighted by Gasteiger charge is 2.31. The van der Waals surface area contributed by atoms with Gasteiger partial charge >= 0.3 is 0 Å². The zero-order chi connectivity index (χ0) is 18.4. The second kappa shape index (κ2) is 6.12. The topological polar surface area (TPSA) is 60.2 Å². The molecule has 1 aliphatic heterocycles. The van der Waals surface area contributed by atoms with Crippen molar-refractivity contribution in [2.24, 2.45) is 0 Å². The van der Waals surface area contributed by atoms with Crippen molar-refractivity contribution in [3.05, 3.63) is 47.8 Å². The van der Waals surface area contributed by atoms with Crippen molar-refractivity contribution in [3.63, 3.8) is 0 Å². The minimum atomic E-state index is -0.0579. The van der Waals surface area contributed by atoms with E-state index < -0.39 is 0 Å². The standard InChI is InChI=1S/C20H22N4O2/c1-12(2)24-19-15(10-21-24)9-16(14(4)22-19)20(25)23-13(3)11-26-18-8-6-5-7-17(18)23/h5-10,12-13H,11H2,1-4H3/t13-/m0/s1. The maximum absolute atomic E-state index is 13.4. The Kier molecular flexibility index (Phi) is 3.90. The molecule has 0 bridgehead atoms. The summed E-state index contributed by atoms with van der Waals surface area (Å²) in [5.74, 6) is 0.677. The Morgan fingerprint density at radius 3 is 2.85 bits per heavy atom. The minimum absolute atomic E-state index is 0.0501. The average Bonchev–Trinajstić information content (AvgIpc) is 3.03. The Bertz CT molecular complexity index is 993. The normalized spacial score (nSPS) is 16.7. The van der Waals surface area contributed by atoms with E-state index in [1.807, 2.05) is 53.8 Å². The summed E-state index contributed by atoms with van der Waals surface area (Å²) in [5, 5.41) is 5.29. The molecule has 3 heterocycles. The van der Waals surface area contributed by atoms with Crippen LogP contribution in [0.1, 0.15) is 42.9 Å². The van der Waals surface area contributed by atoms with Crippen molar-refractivity contribution in [1.29, 1.82) is 0 Å². The van der Waals surface area contributed by atoms with E-state index in [0.717, 1.165) is 22.5 Å². The lowest BCUT2D eigenvalue weighted by molar-refractivity contribution is 0.0960. The Morgan fingerprint density at radius 2 is 2.08 bits per heavy atom. The Balaban J connectivity index is 1.80. The van der Waals surface area contributed by atoms with Crippen molar-refractivity contribution >= 4 is 22.6 Å². The molecule has 0 aliphatic carbocycles. The van der Waals surface area contributed by atoms with Gasteiger partial charge in [-0.15, -0.1) is 0 Å². The maximum atomic E-state index is 13.4. The maximum Gasteiger partial charge on any atom is 0.260 e. The number of fused-ring (bicyclic) bond motifs is 2. The molecule has 6 heteroatoms. The van der Waals surface area contributed by atoms with E-state index in [1.54, 1.807) is 6.20 Å². The van der Waals surface area contributed by atoms with Crippen molar-refractivity contribution in [1.82, 2.24) is 14.8 Å². The van der Waals surface area contributed by atoms with Crippen LogP contribution >= 0.6 is 0 Å². The molecule has 3 aromatic rings. The molecular formula is C20H22N4O2. The van der Waals surface area contributed by atoms with Crippen LogP contribution in [0.15, 0.2) is 36.5 Å². The summed E-state index contributed by atoms with van der Waals surface area (Å²) >= 11 is 0. The van der Waals surface area contributed by atoms with Crippen molar-refractivity contribution in [2.45, 2.75) is 39.8 Å².